The van der Waals surface area contributed by atoms with Crippen LogP contribution in [0.5, 0.6) is 0 Å². The minimum absolute atomic E-state index is 0.0181. The van der Waals surface area contributed by atoms with Gasteiger partial charge in [0.25, 0.3) is 0 Å². The molecular weight excluding hydrogens is 385 g/mol. The molecule has 0 atom stereocenters. The van der Waals surface area contributed by atoms with Crippen molar-refractivity contribution in [2.24, 2.45) is 5.14 Å². The molecule has 3 aromatic rings. The summed E-state index contributed by atoms with van der Waals surface area (Å²) >= 11 is 1.25. The van der Waals surface area contributed by atoms with Crippen LogP contribution in [0.4, 0.5) is 13.2 Å². The van der Waals surface area contributed by atoms with E-state index < -0.39 is 21.8 Å². The Morgan fingerprint density at radius 3 is 2.31 bits per heavy atom. The van der Waals surface area contributed by atoms with Gasteiger partial charge in [0, 0.05) is 17.4 Å². The number of thiazole rings is 1. The number of primary sulfonamides is 1. The third-order valence-corrected chi connectivity index (χ3v) is 5.54. The molecule has 0 spiro atoms. The molecule has 0 radical (unpaired) electrons. The van der Waals surface area contributed by atoms with Crippen molar-refractivity contribution in [3.8, 4) is 10.6 Å². The minimum Gasteiger partial charge on any atom is -0.241 e. The number of alkyl halides is 3. The van der Waals surface area contributed by atoms with Crippen LogP contribution >= 0.6 is 11.3 Å². The summed E-state index contributed by atoms with van der Waals surface area (Å²) in [7, 11) is -3.89. The van der Waals surface area contributed by atoms with Crippen LogP contribution < -0.4 is 5.14 Å². The van der Waals surface area contributed by atoms with Crippen molar-refractivity contribution in [3.63, 3.8) is 0 Å². The van der Waals surface area contributed by atoms with Crippen molar-refractivity contribution < 1.29 is 21.6 Å². The topological polar surface area (TPSA) is 73.1 Å². The van der Waals surface area contributed by atoms with E-state index in [1.54, 1.807) is 23.6 Å². The second kappa shape index (κ2) is 6.82. The molecule has 0 bridgehead atoms. The van der Waals surface area contributed by atoms with E-state index in [1.807, 2.05) is 0 Å². The predicted molar refractivity (Wildman–Crippen MR) is 93.2 cm³/mol. The molecule has 0 fully saturated rings. The van der Waals surface area contributed by atoms with Gasteiger partial charge in [-0.2, -0.15) is 13.2 Å². The van der Waals surface area contributed by atoms with E-state index >= 15 is 0 Å². The Labute approximate surface area is 152 Å². The average molecular weight is 398 g/mol. The predicted octanol–water partition coefficient (Wildman–Crippen LogP) is 4.07. The van der Waals surface area contributed by atoms with Crippen molar-refractivity contribution in [3.05, 3.63) is 70.7 Å². The van der Waals surface area contributed by atoms with Gasteiger partial charge in [-0.15, -0.1) is 11.3 Å². The van der Waals surface area contributed by atoms with Gasteiger partial charge in [0.05, 0.1) is 16.2 Å². The van der Waals surface area contributed by atoms with E-state index in [0.29, 0.717) is 28.2 Å². The highest BCUT2D eigenvalue weighted by atomic mass is 32.2. The lowest BCUT2D eigenvalue weighted by Crippen LogP contribution is -2.13. The summed E-state index contributed by atoms with van der Waals surface area (Å²) in [4.78, 5) is 4.38. The molecule has 136 valence electrons. The van der Waals surface area contributed by atoms with Crippen molar-refractivity contribution in [2.75, 3.05) is 0 Å². The Bertz CT molecular complexity index is 1030. The first kappa shape index (κ1) is 18.6. The Morgan fingerprint density at radius 1 is 1.04 bits per heavy atom. The first-order valence-electron chi connectivity index (χ1n) is 7.37. The number of aromatic nitrogens is 1. The zero-order valence-corrected chi connectivity index (χ0v) is 14.8. The van der Waals surface area contributed by atoms with E-state index in [0.717, 1.165) is 12.1 Å². The van der Waals surface area contributed by atoms with Crippen LogP contribution in [0.2, 0.25) is 0 Å². The van der Waals surface area contributed by atoms with Crippen LogP contribution in [0.15, 0.2) is 58.8 Å². The Morgan fingerprint density at radius 2 is 1.69 bits per heavy atom. The standard InChI is InChI=1S/C17H13F3N2O2S2/c18-17(19,20)12-7-5-11(6-8-12)9-13-10-25-16(22-13)14-3-1-2-4-15(14)26(21,23)24/h1-8,10H,9H2,(H2,21,23,24). The number of benzene rings is 2. The molecular formula is C17H13F3N2O2S2. The number of hydrogen-bond acceptors (Lipinski definition) is 4. The van der Waals surface area contributed by atoms with Gasteiger partial charge in [0.2, 0.25) is 10.0 Å². The summed E-state index contributed by atoms with van der Waals surface area (Å²) in [6.07, 6.45) is -4.03. The van der Waals surface area contributed by atoms with E-state index in [4.69, 9.17) is 5.14 Å². The fourth-order valence-corrected chi connectivity index (χ4v) is 4.09. The maximum absolute atomic E-state index is 12.6. The maximum Gasteiger partial charge on any atom is 0.416 e. The number of nitrogens with two attached hydrogens (primary N) is 1. The van der Waals surface area contributed by atoms with Gasteiger partial charge in [-0.05, 0) is 23.8 Å². The molecule has 0 saturated carbocycles. The van der Waals surface area contributed by atoms with E-state index in [9.17, 15) is 21.6 Å². The van der Waals surface area contributed by atoms with Gasteiger partial charge in [0.15, 0.2) is 0 Å². The number of halogens is 3. The van der Waals surface area contributed by atoms with Crippen LogP contribution in [0.25, 0.3) is 10.6 Å². The SMILES string of the molecule is NS(=O)(=O)c1ccccc1-c1nc(Cc2ccc(C(F)(F)F)cc2)cs1. The van der Waals surface area contributed by atoms with Crippen molar-refractivity contribution in [2.45, 2.75) is 17.5 Å². The summed E-state index contributed by atoms with van der Waals surface area (Å²) < 4.78 is 61.2. The van der Waals surface area contributed by atoms with Crippen molar-refractivity contribution in [1.29, 1.82) is 0 Å². The van der Waals surface area contributed by atoms with Crippen LogP contribution in [0.3, 0.4) is 0 Å². The number of sulfonamides is 1. The maximum atomic E-state index is 12.6. The van der Waals surface area contributed by atoms with Gasteiger partial charge in [-0.1, -0.05) is 30.3 Å². The average Bonchev–Trinajstić information content (AvgIpc) is 3.02. The molecule has 2 aromatic carbocycles. The molecule has 26 heavy (non-hydrogen) atoms. The van der Waals surface area contributed by atoms with Crippen molar-refractivity contribution >= 4 is 21.4 Å². The van der Waals surface area contributed by atoms with E-state index in [2.05, 4.69) is 4.98 Å². The summed E-state index contributed by atoms with van der Waals surface area (Å²) in [5.74, 6) is 0. The first-order valence-corrected chi connectivity index (χ1v) is 9.80. The van der Waals surface area contributed by atoms with Crippen LogP contribution in [0, 0.1) is 0 Å². The Kier molecular flexibility index (Phi) is 4.87. The lowest BCUT2D eigenvalue weighted by molar-refractivity contribution is -0.137. The second-order valence-corrected chi connectivity index (χ2v) is 7.94. The van der Waals surface area contributed by atoms with E-state index in [-0.39, 0.29) is 4.90 Å². The Balaban J connectivity index is 1.86. The summed E-state index contributed by atoms with van der Waals surface area (Å²) in [6, 6.07) is 11.1. The summed E-state index contributed by atoms with van der Waals surface area (Å²) in [5, 5.41) is 7.46. The molecule has 0 aliphatic rings. The fraction of sp³-hybridized carbons (Fsp3) is 0.118. The van der Waals surface area contributed by atoms with Gasteiger partial charge in [-0.3, -0.25) is 0 Å². The molecule has 0 unspecified atom stereocenters. The van der Waals surface area contributed by atoms with Gasteiger partial charge in [-0.25, -0.2) is 18.5 Å². The van der Waals surface area contributed by atoms with Crippen LogP contribution in [-0.4, -0.2) is 13.4 Å². The lowest BCUT2D eigenvalue weighted by atomic mass is 10.1. The van der Waals surface area contributed by atoms with Crippen molar-refractivity contribution in [1.82, 2.24) is 4.98 Å². The normalized spacial score (nSPS) is 12.3. The minimum atomic E-state index is -4.37. The molecule has 3 rings (SSSR count). The molecule has 1 heterocycles. The van der Waals surface area contributed by atoms with Gasteiger partial charge in [0.1, 0.15) is 5.01 Å². The molecule has 2 N–H and O–H groups in total. The largest absolute Gasteiger partial charge is 0.416 e. The lowest BCUT2D eigenvalue weighted by Gasteiger charge is -2.07. The van der Waals surface area contributed by atoms with Crippen LogP contribution in [-0.2, 0) is 22.6 Å². The molecule has 0 saturated heterocycles. The zero-order valence-electron chi connectivity index (χ0n) is 13.2. The summed E-state index contributed by atoms with van der Waals surface area (Å²) in [5.41, 5.74) is 1.00. The monoisotopic (exact) mass is 398 g/mol. The second-order valence-electron chi connectivity index (χ2n) is 5.56. The number of hydrogen-bond donors (Lipinski definition) is 1. The highest BCUT2D eigenvalue weighted by Crippen LogP contribution is 2.31. The first-order chi connectivity index (χ1) is 12.1. The number of nitrogens with zero attached hydrogens (tertiary/aromatic N) is 1. The fourth-order valence-electron chi connectivity index (χ4n) is 2.42. The van der Waals surface area contributed by atoms with Crippen LogP contribution in [0.1, 0.15) is 16.8 Å². The number of rotatable bonds is 4. The summed E-state index contributed by atoms with van der Waals surface area (Å²) in [6.45, 7) is 0. The van der Waals surface area contributed by atoms with Gasteiger partial charge < -0.3 is 0 Å². The molecule has 4 nitrogen and oxygen atoms in total. The Hall–Kier alpha value is -2.23. The van der Waals surface area contributed by atoms with E-state index in [1.165, 1.54) is 29.5 Å². The smallest absolute Gasteiger partial charge is 0.241 e. The van der Waals surface area contributed by atoms with Gasteiger partial charge >= 0.3 is 6.18 Å². The molecule has 0 aliphatic carbocycles. The molecule has 0 aliphatic heterocycles. The third kappa shape index (κ3) is 4.12. The molecule has 9 heteroatoms. The zero-order chi connectivity index (χ0) is 18.9. The molecule has 0 amide bonds. The highest BCUT2D eigenvalue weighted by Gasteiger charge is 2.29. The highest BCUT2D eigenvalue weighted by molar-refractivity contribution is 7.89. The molecule has 1 aromatic heterocycles. The third-order valence-electron chi connectivity index (χ3n) is 3.64. The quantitative estimate of drug-likeness (QED) is 0.720.